The van der Waals surface area contributed by atoms with Gasteiger partial charge in [-0.3, -0.25) is 4.79 Å². The van der Waals surface area contributed by atoms with Crippen molar-refractivity contribution in [2.24, 2.45) is 0 Å². The fourth-order valence-corrected chi connectivity index (χ4v) is 3.28. The van der Waals surface area contributed by atoms with Crippen molar-refractivity contribution in [1.82, 2.24) is 0 Å². The highest BCUT2D eigenvalue weighted by Crippen LogP contribution is 2.26. The number of benzene rings is 2. The molecule has 0 aliphatic rings. The van der Waals surface area contributed by atoms with E-state index in [1.807, 2.05) is 30.3 Å². The van der Waals surface area contributed by atoms with Gasteiger partial charge in [-0.2, -0.15) is 0 Å². The smallest absolute Gasteiger partial charge is 0.463 e. The van der Waals surface area contributed by atoms with E-state index in [9.17, 15) is 9.59 Å². The second-order valence-corrected chi connectivity index (χ2v) is 7.07. The van der Waals surface area contributed by atoms with E-state index >= 15 is 0 Å². The Morgan fingerprint density at radius 1 is 1.03 bits per heavy atom. The molecular weight excluding hydrogens is 368 g/mol. The van der Waals surface area contributed by atoms with Crippen LogP contribution in [0.4, 0.5) is 4.79 Å². The maximum Gasteiger partial charge on any atom is 0.513 e. The Kier molecular flexibility index (Phi) is 7.06. The molecule has 0 spiro atoms. The molecule has 5 heteroatoms. The summed E-state index contributed by atoms with van der Waals surface area (Å²) in [5.74, 6) is 0.293. The van der Waals surface area contributed by atoms with E-state index in [4.69, 9.17) is 13.9 Å². The number of unbranched alkanes of at least 4 members (excludes halogenated alkanes) is 4. The molecule has 0 unspecified atom stereocenters. The second-order valence-electron chi connectivity index (χ2n) is 7.07. The van der Waals surface area contributed by atoms with Crippen LogP contribution < -0.4 is 10.2 Å². The molecule has 29 heavy (non-hydrogen) atoms. The molecule has 0 saturated carbocycles. The predicted molar refractivity (Wildman–Crippen MR) is 113 cm³/mol. The topological polar surface area (TPSA) is 65.7 Å². The average Bonchev–Trinajstić information content (AvgIpc) is 2.71. The summed E-state index contributed by atoms with van der Waals surface area (Å²) in [5.41, 5.74) is 2.23. The van der Waals surface area contributed by atoms with E-state index < -0.39 is 6.16 Å². The van der Waals surface area contributed by atoms with E-state index in [1.54, 1.807) is 19.1 Å². The van der Waals surface area contributed by atoms with Gasteiger partial charge in [0.25, 0.3) is 0 Å². The van der Waals surface area contributed by atoms with Crippen molar-refractivity contribution in [2.45, 2.75) is 46.0 Å². The lowest BCUT2D eigenvalue weighted by molar-refractivity contribution is 0.0973. The van der Waals surface area contributed by atoms with Crippen LogP contribution in [0.15, 0.2) is 57.9 Å². The van der Waals surface area contributed by atoms with Gasteiger partial charge in [0.2, 0.25) is 5.43 Å². The van der Waals surface area contributed by atoms with Crippen LogP contribution in [0.1, 0.15) is 44.6 Å². The summed E-state index contributed by atoms with van der Waals surface area (Å²) < 4.78 is 16.1. The van der Waals surface area contributed by atoms with Crippen LogP contribution in [0.3, 0.4) is 0 Å². The Balaban J connectivity index is 1.72. The lowest BCUT2D eigenvalue weighted by Crippen LogP contribution is -2.12. The molecule has 0 fully saturated rings. The molecule has 0 N–H and O–H groups in total. The van der Waals surface area contributed by atoms with Crippen LogP contribution in [0.2, 0.25) is 0 Å². The molecule has 0 aliphatic heterocycles. The third-order valence-electron chi connectivity index (χ3n) is 4.80. The number of hydrogen-bond acceptors (Lipinski definition) is 5. The van der Waals surface area contributed by atoms with Gasteiger partial charge in [-0.15, -0.1) is 0 Å². The minimum absolute atomic E-state index is 0.115. The van der Waals surface area contributed by atoms with Crippen LogP contribution in [0, 0.1) is 6.92 Å². The predicted octanol–water partition coefficient (Wildman–Crippen LogP) is 6.25. The molecule has 152 valence electrons. The Morgan fingerprint density at radius 3 is 2.55 bits per heavy atom. The van der Waals surface area contributed by atoms with E-state index in [0.717, 1.165) is 24.8 Å². The first-order valence-electron chi connectivity index (χ1n) is 10.1. The number of carbonyl (C=O) groups is 1. The van der Waals surface area contributed by atoms with Gasteiger partial charge in [0.15, 0.2) is 0 Å². The number of fused-ring (bicyclic) bond motifs is 1. The summed E-state index contributed by atoms with van der Waals surface area (Å²) in [6.45, 7) is 4.29. The van der Waals surface area contributed by atoms with Gasteiger partial charge in [0, 0.05) is 6.07 Å². The van der Waals surface area contributed by atoms with E-state index in [0.29, 0.717) is 34.5 Å². The minimum atomic E-state index is -0.748. The highest BCUT2D eigenvalue weighted by atomic mass is 16.7. The molecule has 0 bridgehead atoms. The van der Waals surface area contributed by atoms with Gasteiger partial charge in [0.1, 0.15) is 17.6 Å². The first kappa shape index (κ1) is 20.6. The van der Waals surface area contributed by atoms with Gasteiger partial charge >= 0.3 is 6.16 Å². The fraction of sp³-hybridized carbons (Fsp3) is 0.333. The number of aryl methyl sites for hydroxylation is 1. The van der Waals surface area contributed by atoms with Crippen LogP contribution >= 0.6 is 0 Å². The number of hydrogen-bond donors (Lipinski definition) is 0. The lowest BCUT2D eigenvalue weighted by atomic mass is 10.0. The van der Waals surface area contributed by atoms with E-state index in [1.165, 1.54) is 19.1 Å². The van der Waals surface area contributed by atoms with Crippen LogP contribution in [-0.2, 0) is 4.74 Å². The molecule has 1 heterocycles. The minimum Gasteiger partial charge on any atom is -0.463 e. The standard InChI is InChI=1S/C24H26O5/c1-3-4-5-6-10-13-27-24(26)29-19-14-17(2)22-21(15-19)28-16-20(23(22)25)18-11-8-7-9-12-18/h7-9,11-12,14-16H,3-6,10,13H2,1-2H3. The zero-order valence-electron chi connectivity index (χ0n) is 16.9. The molecular formula is C24H26O5. The quantitative estimate of drug-likeness (QED) is 0.256. The van der Waals surface area contributed by atoms with Gasteiger partial charge in [-0.25, -0.2) is 4.79 Å². The SMILES string of the molecule is CCCCCCCOC(=O)Oc1cc(C)c2c(=O)c(-c3ccccc3)coc2c1. The molecule has 3 rings (SSSR count). The molecule has 1 aromatic heterocycles. The zero-order valence-corrected chi connectivity index (χ0v) is 16.9. The summed E-state index contributed by atoms with van der Waals surface area (Å²) in [6.07, 6.45) is 6.06. The highest BCUT2D eigenvalue weighted by Gasteiger charge is 2.14. The monoisotopic (exact) mass is 394 g/mol. The van der Waals surface area contributed by atoms with Crippen LogP contribution in [0.5, 0.6) is 5.75 Å². The Labute approximate surface area is 170 Å². The van der Waals surface area contributed by atoms with Crippen molar-refractivity contribution in [3.05, 3.63) is 64.5 Å². The van der Waals surface area contributed by atoms with Crippen LogP contribution in [0.25, 0.3) is 22.1 Å². The molecule has 0 aliphatic carbocycles. The van der Waals surface area contributed by atoms with Gasteiger partial charge in [-0.1, -0.05) is 62.9 Å². The van der Waals surface area contributed by atoms with E-state index in [2.05, 4.69) is 6.92 Å². The van der Waals surface area contributed by atoms with Gasteiger partial charge in [-0.05, 0) is 30.5 Å². The summed E-state index contributed by atoms with van der Waals surface area (Å²) in [6, 6.07) is 12.6. The summed E-state index contributed by atoms with van der Waals surface area (Å²) in [5, 5.41) is 0.475. The Morgan fingerprint density at radius 2 is 1.79 bits per heavy atom. The van der Waals surface area contributed by atoms with Crippen molar-refractivity contribution < 1.29 is 18.7 Å². The summed E-state index contributed by atoms with van der Waals surface area (Å²) in [4.78, 5) is 24.9. The van der Waals surface area contributed by atoms with Crippen LogP contribution in [-0.4, -0.2) is 12.8 Å². The largest absolute Gasteiger partial charge is 0.513 e. The first-order chi connectivity index (χ1) is 14.1. The van der Waals surface area contributed by atoms with Crippen molar-refractivity contribution in [1.29, 1.82) is 0 Å². The molecule has 0 radical (unpaired) electrons. The van der Waals surface area contributed by atoms with Crippen molar-refractivity contribution >= 4 is 17.1 Å². The van der Waals surface area contributed by atoms with Crippen molar-refractivity contribution in [3.8, 4) is 16.9 Å². The summed E-state index contributed by atoms with van der Waals surface area (Å²) >= 11 is 0. The number of rotatable bonds is 8. The third kappa shape index (κ3) is 5.25. The third-order valence-corrected chi connectivity index (χ3v) is 4.80. The van der Waals surface area contributed by atoms with Crippen molar-refractivity contribution in [2.75, 3.05) is 6.61 Å². The first-order valence-corrected chi connectivity index (χ1v) is 10.1. The molecule has 0 amide bonds. The zero-order chi connectivity index (χ0) is 20.6. The molecule has 0 saturated heterocycles. The second kappa shape index (κ2) is 9.92. The molecule has 0 atom stereocenters. The van der Waals surface area contributed by atoms with E-state index in [-0.39, 0.29) is 5.43 Å². The fourth-order valence-electron chi connectivity index (χ4n) is 3.28. The molecule has 3 aromatic rings. The van der Waals surface area contributed by atoms with Crippen molar-refractivity contribution in [3.63, 3.8) is 0 Å². The number of carbonyl (C=O) groups excluding carboxylic acids is 1. The normalized spacial score (nSPS) is 10.8. The maximum absolute atomic E-state index is 12.9. The maximum atomic E-state index is 12.9. The van der Waals surface area contributed by atoms with Gasteiger partial charge < -0.3 is 13.9 Å². The lowest BCUT2D eigenvalue weighted by Gasteiger charge is -2.09. The van der Waals surface area contributed by atoms with Gasteiger partial charge in [0.05, 0.1) is 17.6 Å². The molecule has 5 nitrogen and oxygen atoms in total. The average molecular weight is 394 g/mol. The summed E-state index contributed by atoms with van der Waals surface area (Å²) in [7, 11) is 0. The Bertz CT molecular complexity index is 1020. The Hall–Kier alpha value is -3.08. The molecule has 2 aromatic carbocycles. The highest BCUT2D eigenvalue weighted by molar-refractivity contribution is 5.86. The number of ether oxygens (including phenoxy) is 2.